The van der Waals surface area contributed by atoms with Crippen molar-refractivity contribution in [3.05, 3.63) is 17.0 Å². The van der Waals surface area contributed by atoms with Gasteiger partial charge in [0.25, 0.3) is 0 Å². The molecule has 0 radical (unpaired) electrons. The maximum atomic E-state index is 11.4. The van der Waals surface area contributed by atoms with Crippen LogP contribution in [0.3, 0.4) is 0 Å². The highest BCUT2D eigenvalue weighted by molar-refractivity contribution is 6.30. The molecule has 1 heterocycles. The van der Waals surface area contributed by atoms with Gasteiger partial charge in [0.2, 0.25) is 5.91 Å². The largest absolute Gasteiger partial charge is 0.358 e. The number of rotatable bonds is 4. The molecule has 1 unspecified atom stereocenters. The first kappa shape index (κ1) is 12.7. The standard InChI is InChI=1S/C10H15ClN4O/c1-4-7-8(11)13-5-14-9(7)15-6(2)10(16)12-3/h5-6H,4H2,1-3H3,(H,12,16)(H,13,14,15). The van der Waals surface area contributed by atoms with Crippen LogP contribution in [0.5, 0.6) is 0 Å². The Labute approximate surface area is 99.6 Å². The summed E-state index contributed by atoms with van der Waals surface area (Å²) in [4.78, 5) is 19.3. The van der Waals surface area contributed by atoms with E-state index in [1.54, 1.807) is 14.0 Å². The third-order valence-electron chi connectivity index (χ3n) is 2.24. The van der Waals surface area contributed by atoms with Gasteiger partial charge in [-0.3, -0.25) is 4.79 Å². The molecule has 2 N–H and O–H groups in total. The number of anilines is 1. The first-order valence-electron chi connectivity index (χ1n) is 5.07. The van der Waals surface area contributed by atoms with E-state index >= 15 is 0 Å². The molecule has 1 aromatic heterocycles. The third-order valence-corrected chi connectivity index (χ3v) is 2.56. The predicted molar refractivity (Wildman–Crippen MR) is 63.6 cm³/mol. The molecule has 5 nitrogen and oxygen atoms in total. The summed E-state index contributed by atoms with van der Waals surface area (Å²) >= 11 is 5.93. The molecular weight excluding hydrogens is 228 g/mol. The van der Waals surface area contributed by atoms with E-state index in [0.717, 1.165) is 5.56 Å². The van der Waals surface area contributed by atoms with Gasteiger partial charge in [-0.15, -0.1) is 0 Å². The van der Waals surface area contributed by atoms with Gasteiger partial charge in [0.15, 0.2) is 0 Å². The summed E-state index contributed by atoms with van der Waals surface area (Å²) in [6, 6.07) is -0.360. The fourth-order valence-corrected chi connectivity index (χ4v) is 1.58. The zero-order valence-electron chi connectivity index (χ0n) is 9.54. The monoisotopic (exact) mass is 242 g/mol. The van der Waals surface area contributed by atoms with Crippen LogP contribution in [0, 0.1) is 0 Å². The molecule has 0 saturated carbocycles. The van der Waals surface area contributed by atoms with E-state index in [4.69, 9.17) is 11.6 Å². The van der Waals surface area contributed by atoms with Gasteiger partial charge in [-0.2, -0.15) is 0 Å². The van der Waals surface area contributed by atoms with E-state index in [1.165, 1.54) is 6.33 Å². The molecule has 0 spiro atoms. The van der Waals surface area contributed by atoms with Gasteiger partial charge >= 0.3 is 0 Å². The Hall–Kier alpha value is -1.36. The van der Waals surface area contributed by atoms with Crippen molar-refractivity contribution in [2.75, 3.05) is 12.4 Å². The number of hydrogen-bond acceptors (Lipinski definition) is 4. The topological polar surface area (TPSA) is 66.9 Å². The van der Waals surface area contributed by atoms with Gasteiger partial charge in [-0.25, -0.2) is 9.97 Å². The average molecular weight is 243 g/mol. The van der Waals surface area contributed by atoms with Gasteiger partial charge in [0.1, 0.15) is 23.3 Å². The molecule has 16 heavy (non-hydrogen) atoms. The van der Waals surface area contributed by atoms with Crippen LogP contribution in [0.25, 0.3) is 0 Å². The van der Waals surface area contributed by atoms with Crippen LogP contribution in [-0.4, -0.2) is 29.0 Å². The highest BCUT2D eigenvalue weighted by atomic mass is 35.5. The number of nitrogens with one attached hydrogen (secondary N) is 2. The number of carbonyl (C=O) groups is 1. The van der Waals surface area contributed by atoms with Crippen molar-refractivity contribution in [3.8, 4) is 0 Å². The molecule has 6 heteroatoms. The molecule has 0 aliphatic heterocycles. The van der Waals surface area contributed by atoms with Crippen LogP contribution in [0.15, 0.2) is 6.33 Å². The average Bonchev–Trinajstić information content (AvgIpc) is 2.28. The zero-order chi connectivity index (χ0) is 12.1. The Morgan fingerprint density at radius 1 is 1.56 bits per heavy atom. The lowest BCUT2D eigenvalue weighted by molar-refractivity contribution is -0.121. The summed E-state index contributed by atoms with van der Waals surface area (Å²) in [5, 5.41) is 5.99. The molecular formula is C10H15ClN4O. The van der Waals surface area contributed by atoms with Crippen LogP contribution in [-0.2, 0) is 11.2 Å². The molecule has 0 bridgehead atoms. The number of nitrogens with zero attached hydrogens (tertiary/aromatic N) is 2. The second-order valence-corrected chi connectivity index (χ2v) is 3.68. The smallest absolute Gasteiger partial charge is 0.241 e. The Morgan fingerprint density at radius 3 is 2.81 bits per heavy atom. The van der Waals surface area contributed by atoms with Crippen LogP contribution >= 0.6 is 11.6 Å². The lowest BCUT2D eigenvalue weighted by Crippen LogP contribution is -2.35. The van der Waals surface area contributed by atoms with E-state index in [1.807, 2.05) is 6.92 Å². The fraction of sp³-hybridized carbons (Fsp3) is 0.500. The first-order valence-corrected chi connectivity index (χ1v) is 5.45. The maximum absolute atomic E-state index is 11.4. The lowest BCUT2D eigenvalue weighted by Gasteiger charge is -2.15. The molecule has 0 aliphatic carbocycles. The summed E-state index contributed by atoms with van der Waals surface area (Å²) in [5.41, 5.74) is 0.819. The van der Waals surface area contributed by atoms with Crippen molar-refractivity contribution >= 4 is 23.3 Å². The molecule has 1 rings (SSSR count). The van der Waals surface area contributed by atoms with Crippen LogP contribution in [0.2, 0.25) is 5.15 Å². The van der Waals surface area contributed by atoms with Crippen molar-refractivity contribution < 1.29 is 4.79 Å². The summed E-state index contributed by atoms with van der Waals surface area (Å²) in [6.07, 6.45) is 2.09. The summed E-state index contributed by atoms with van der Waals surface area (Å²) < 4.78 is 0. The second kappa shape index (κ2) is 5.65. The number of carbonyl (C=O) groups excluding carboxylic acids is 1. The molecule has 0 fully saturated rings. The Morgan fingerprint density at radius 2 is 2.25 bits per heavy atom. The van der Waals surface area contributed by atoms with E-state index in [2.05, 4.69) is 20.6 Å². The molecule has 1 amide bonds. The van der Waals surface area contributed by atoms with Crippen molar-refractivity contribution in [1.82, 2.24) is 15.3 Å². The Balaban J connectivity index is 2.88. The molecule has 88 valence electrons. The third kappa shape index (κ3) is 2.82. The Bertz CT molecular complexity index is 383. The van der Waals surface area contributed by atoms with Crippen molar-refractivity contribution in [1.29, 1.82) is 0 Å². The number of aromatic nitrogens is 2. The summed E-state index contributed by atoms with van der Waals surface area (Å²) in [5.74, 6) is 0.510. The zero-order valence-corrected chi connectivity index (χ0v) is 10.3. The van der Waals surface area contributed by atoms with Gasteiger partial charge in [-0.1, -0.05) is 18.5 Å². The summed E-state index contributed by atoms with van der Waals surface area (Å²) in [6.45, 7) is 3.72. The quantitative estimate of drug-likeness (QED) is 0.780. The van der Waals surface area contributed by atoms with Crippen molar-refractivity contribution in [2.45, 2.75) is 26.3 Å². The minimum atomic E-state index is -0.360. The highest BCUT2D eigenvalue weighted by Crippen LogP contribution is 2.20. The molecule has 0 aromatic carbocycles. The minimum Gasteiger partial charge on any atom is -0.358 e. The number of amides is 1. The summed E-state index contributed by atoms with van der Waals surface area (Å²) in [7, 11) is 1.59. The molecule has 0 aliphatic rings. The minimum absolute atomic E-state index is 0.100. The number of halogens is 1. The highest BCUT2D eigenvalue weighted by Gasteiger charge is 2.14. The molecule has 0 saturated heterocycles. The van der Waals surface area contributed by atoms with Crippen LogP contribution in [0.4, 0.5) is 5.82 Å². The maximum Gasteiger partial charge on any atom is 0.241 e. The molecule has 1 atom stereocenters. The van der Waals surface area contributed by atoms with E-state index in [-0.39, 0.29) is 11.9 Å². The van der Waals surface area contributed by atoms with Gasteiger partial charge in [-0.05, 0) is 13.3 Å². The normalized spacial score (nSPS) is 12.0. The van der Waals surface area contributed by atoms with E-state index in [9.17, 15) is 4.79 Å². The first-order chi connectivity index (χ1) is 7.60. The molecule has 1 aromatic rings. The van der Waals surface area contributed by atoms with E-state index < -0.39 is 0 Å². The van der Waals surface area contributed by atoms with Crippen LogP contribution in [0.1, 0.15) is 19.4 Å². The lowest BCUT2D eigenvalue weighted by atomic mass is 10.2. The number of likely N-dealkylation sites (N-methyl/N-ethyl adjacent to an activating group) is 1. The van der Waals surface area contributed by atoms with Crippen LogP contribution < -0.4 is 10.6 Å². The van der Waals surface area contributed by atoms with Crippen molar-refractivity contribution in [3.63, 3.8) is 0 Å². The van der Waals surface area contributed by atoms with Gasteiger partial charge in [0, 0.05) is 12.6 Å². The van der Waals surface area contributed by atoms with E-state index in [0.29, 0.717) is 17.4 Å². The SMILES string of the molecule is CCc1c(Cl)ncnc1NC(C)C(=O)NC. The Kier molecular flexibility index (Phi) is 4.49. The van der Waals surface area contributed by atoms with Gasteiger partial charge < -0.3 is 10.6 Å². The predicted octanol–water partition coefficient (Wildman–Crippen LogP) is 1.24. The fourth-order valence-electron chi connectivity index (χ4n) is 1.32. The second-order valence-electron chi connectivity index (χ2n) is 3.33. The number of hydrogen-bond donors (Lipinski definition) is 2. The van der Waals surface area contributed by atoms with Crippen molar-refractivity contribution in [2.24, 2.45) is 0 Å². The van der Waals surface area contributed by atoms with Gasteiger partial charge in [0.05, 0.1) is 0 Å².